The van der Waals surface area contributed by atoms with Crippen molar-refractivity contribution in [1.82, 2.24) is 24.6 Å². The normalized spacial score (nSPS) is 15.5. The zero-order chi connectivity index (χ0) is 22.1. The number of rotatable bonds is 5. The summed E-state index contributed by atoms with van der Waals surface area (Å²) in [7, 11) is 0. The summed E-state index contributed by atoms with van der Waals surface area (Å²) in [5.74, 6) is 1.69. The van der Waals surface area contributed by atoms with E-state index in [9.17, 15) is 9.18 Å². The summed E-state index contributed by atoms with van der Waals surface area (Å²) in [5.41, 5.74) is 2.33. The highest BCUT2D eigenvalue weighted by molar-refractivity contribution is 5.91. The first-order valence-electron chi connectivity index (χ1n) is 10.9. The topological polar surface area (TPSA) is 67.2 Å². The number of anilines is 1. The van der Waals surface area contributed by atoms with Gasteiger partial charge in [0.1, 0.15) is 17.5 Å². The number of hydrogen-bond acceptors (Lipinski definition) is 5. The van der Waals surface area contributed by atoms with Crippen LogP contribution in [0.15, 0.2) is 24.3 Å². The van der Waals surface area contributed by atoms with E-state index in [0.29, 0.717) is 26.2 Å². The number of carbonyl (C=O) groups excluding carboxylic acids is 1. The lowest BCUT2D eigenvalue weighted by atomic mass is 10.1. The van der Waals surface area contributed by atoms with Gasteiger partial charge in [0.05, 0.1) is 16.8 Å². The Balaban J connectivity index is 1.84. The van der Waals surface area contributed by atoms with E-state index in [4.69, 9.17) is 15.1 Å². The molecule has 3 aromatic rings. The van der Waals surface area contributed by atoms with Gasteiger partial charge >= 0.3 is 0 Å². The second kappa shape index (κ2) is 8.61. The number of fused-ring (bicyclic) bond motifs is 1. The van der Waals surface area contributed by atoms with Crippen LogP contribution in [0.5, 0.6) is 0 Å². The van der Waals surface area contributed by atoms with E-state index in [1.54, 1.807) is 23.7 Å². The van der Waals surface area contributed by atoms with Gasteiger partial charge in [-0.15, -0.1) is 0 Å². The Morgan fingerprint density at radius 3 is 2.42 bits per heavy atom. The molecule has 3 heterocycles. The quantitative estimate of drug-likeness (QED) is 0.623. The summed E-state index contributed by atoms with van der Waals surface area (Å²) in [6.07, 6.45) is 2.04. The highest BCUT2D eigenvalue weighted by Gasteiger charge is 2.26. The zero-order valence-electron chi connectivity index (χ0n) is 18.6. The third-order valence-corrected chi connectivity index (χ3v) is 5.96. The van der Waals surface area contributed by atoms with Crippen LogP contribution in [-0.4, -0.2) is 56.7 Å². The Morgan fingerprint density at radius 1 is 1.13 bits per heavy atom. The minimum absolute atomic E-state index is 0.102. The van der Waals surface area contributed by atoms with Crippen molar-refractivity contribution in [3.63, 3.8) is 0 Å². The molecule has 164 valence electrons. The zero-order valence-corrected chi connectivity index (χ0v) is 18.6. The second-order valence-electron chi connectivity index (χ2n) is 8.26. The van der Waals surface area contributed by atoms with Gasteiger partial charge < -0.3 is 9.80 Å². The molecule has 1 saturated heterocycles. The largest absolute Gasteiger partial charge is 0.352 e. The number of piperazine rings is 1. The average Bonchev–Trinajstić information content (AvgIpc) is 3.10. The van der Waals surface area contributed by atoms with E-state index in [2.05, 4.69) is 18.7 Å². The summed E-state index contributed by atoms with van der Waals surface area (Å²) in [6.45, 7) is 10.6. The van der Waals surface area contributed by atoms with E-state index in [1.807, 2.05) is 11.8 Å². The molecule has 1 fully saturated rings. The first-order valence-corrected chi connectivity index (χ1v) is 10.9. The minimum atomic E-state index is -0.284. The molecule has 0 saturated carbocycles. The van der Waals surface area contributed by atoms with Crippen LogP contribution >= 0.6 is 0 Å². The van der Waals surface area contributed by atoms with E-state index >= 15 is 0 Å². The predicted octanol–water partition coefficient (Wildman–Crippen LogP) is 3.84. The molecule has 1 aromatic carbocycles. The molecule has 8 heteroatoms. The number of halogens is 1. The molecule has 0 radical (unpaired) electrons. The Kier molecular flexibility index (Phi) is 5.89. The van der Waals surface area contributed by atoms with Gasteiger partial charge in [0, 0.05) is 39.0 Å². The average molecular weight is 425 g/mol. The number of hydrogen-bond donors (Lipinski definition) is 0. The molecule has 0 bridgehead atoms. The van der Waals surface area contributed by atoms with Gasteiger partial charge in [0.25, 0.3) is 0 Å². The SMILES string of the molecule is CCC[C@H](C)c1nc(N2CCN(C(C)=O)CC2)c2c(C)nn(-c3ccc(F)cc3)c2n1. The van der Waals surface area contributed by atoms with Crippen molar-refractivity contribution in [2.24, 2.45) is 0 Å². The van der Waals surface area contributed by atoms with Crippen molar-refractivity contribution in [3.8, 4) is 5.69 Å². The van der Waals surface area contributed by atoms with Crippen molar-refractivity contribution < 1.29 is 9.18 Å². The van der Waals surface area contributed by atoms with Crippen LogP contribution in [0.4, 0.5) is 10.2 Å². The van der Waals surface area contributed by atoms with Crippen LogP contribution in [0.2, 0.25) is 0 Å². The van der Waals surface area contributed by atoms with Crippen molar-refractivity contribution >= 4 is 22.8 Å². The molecule has 1 aliphatic heterocycles. The fourth-order valence-corrected chi connectivity index (χ4v) is 4.18. The molecule has 1 aliphatic rings. The molecule has 0 aliphatic carbocycles. The fraction of sp³-hybridized carbons (Fsp3) is 0.478. The fourth-order valence-electron chi connectivity index (χ4n) is 4.18. The summed E-state index contributed by atoms with van der Waals surface area (Å²) >= 11 is 0. The lowest BCUT2D eigenvalue weighted by Crippen LogP contribution is -2.48. The highest BCUT2D eigenvalue weighted by Crippen LogP contribution is 2.32. The van der Waals surface area contributed by atoms with Gasteiger partial charge in [-0.2, -0.15) is 5.10 Å². The van der Waals surface area contributed by atoms with E-state index < -0.39 is 0 Å². The van der Waals surface area contributed by atoms with Crippen LogP contribution < -0.4 is 4.90 Å². The highest BCUT2D eigenvalue weighted by atomic mass is 19.1. The monoisotopic (exact) mass is 424 g/mol. The molecule has 4 rings (SSSR count). The number of carbonyl (C=O) groups is 1. The molecule has 0 unspecified atom stereocenters. The summed E-state index contributed by atoms with van der Waals surface area (Å²) in [4.78, 5) is 25.8. The van der Waals surface area contributed by atoms with E-state index in [1.165, 1.54) is 12.1 Å². The Bertz CT molecular complexity index is 1090. The molecule has 1 amide bonds. The van der Waals surface area contributed by atoms with Gasteiger partial charge in [-0.05, 0) is 37.6 Å². The minimum Gasteiger partial charge on any atom is -0.352 e. The number of nitrogens with zero attached hydrogens (tertiary/aromatic N) is 6. The van der Waals surface area contributed by atoms with Gasteiger partial charge in [-0.3, -0.25) is 4.79 Å². The predicted molar refractivity (Wildman–Crippen MR) is 119 cm³/mol. The molecule has 0 spiro atoms. The van der Waals surface area contributed by atoms with Gasteiger partial charge in [-0.25, -0.2) is 19.0 Å². The molecule has 2 aromatic heterocycles. The molecule has 0 N–H and O–H groups in total. The van der Waals surface area contributed by atoms with Crippen molar-refractivity contribution in [3.05, 3.63) is 41.6 Å². The summed E-state index contributed by atoms with van der Waals surface area (Å²) in [6, 6.07) is 6.29. The maximum Gasteiger partial charge on any atom is 0.219 e. The van der Waals surface area contributed by atoms with Crippen molar-refractivity contribution in [2.75, 3.05) is 31.1 Å². The number of benzene rings is 1. The Hall–Kier alpha value is -3.03. The lowest BCUT2D eigenvalue weighted by Gasteiger charge is -2.35. The van der Waals surface area contributed by atoms with Crippen LogP contribution in [0.1, 0.15) is 51.0 Å². The second-order valence-corrected chi connectivity index (χ2v) is 8.26. The maximum absolute atomic E-state index is 13.5. The standard InChI is InChI=1S/C23H29FN6O/c1-5-6-15(2)21-25-22(29-13-11-28(12-14-29)17(4)31)20-16(3)27-30(23(20)26-21)19-9-7-18(24)8-10-19/h7-10,15H,5-6,11-14H2,1-4H3/t15-/m0/s1. The van der Waals surface area contributed by atoms with Crippen LogP contribution in [0.25, 0.3) is 16.7 Å². The molecular weight excluding hydrogens is 395 g/mol. The van der Waals surface area contributed by atoms with Gasteiger partial charge in [0.15, 0.2) is 5.65 Å². The van der Waals surface area contributed by atoms with E-state index in [-0.39, 0.29) is 17.6 Å². The first-order chi connectivity index (χ1) is 14.9. The van der Waals surface area contributed by atoms with Crippen molar-refractivity contribution in [1.29, 1.82) is 0 Å². The Labute approximate surface area is 181 Å². The lowest BCUT2D eigenvalue weighted by molar-refractivity contribution is -0.129. The van der Waals surface area contributed by atoms with Gasteiger partial charge in [-0.1, -0.05) is 20.3 Å². The van der Waals surface area contributed by atoms with E-state index in [0.717, 1.165) is 46.9 Å². The van der Waals surface area contributed by atoms with Crippen LogP contribution in [-0.2, 0) is 4.79 Å². The van der Waals surface area contributed by atoms with Crippen LogP contribution in [0.3, 0.4) is 0 Å². The van der Waals surface area contributed by atoms with Gasteiger partial charge in [0.2, 0.25) is 5.91 Å². The third-order valence-electron chi connectivity index (χ3n) is 5.96. The third kappa shape index (κ3) is 4.11. The first kappa shape index (κ1) is 21.2. The molecule has 7 nitrogen and oxygen atoms in total. The number of amides is 1. The molecule has 31 heavy (non-hydrogen) atoms. The number of aryl methyl sites for hydroxylation is 1. The maximum atomic E-state index is 13.5. The Morgan fingerprint density at radius 2 is 1.81 bits per heavy atom. The molecular formula is C23H29FN6O. The van der Waals surface area contributed by atoms with Crippen molar-refractivity contribution in [2.45, 2.75) is 46.5 Å². The number of aromatic nitrogens is 4. The summed E-state index contributed by atoms with van der Waals surface area (Å²) < 4.78 is 15.3. The molecule has 1 atom stereocenters. The van der Waals surface area contributed by atoms with Crippen LogP contribution in [0, 0.1) is 12.7 Å². The smallest absolute Gasteiger partial charge is 0.219 e. The summed E-state index contributed by atoms with van der Waals surface area (Å²) in [5, 5.41) is 5.65.